The molecular weight excluding hydrogens is 222 g/mol. The van der Waals surface area contributed by atoms with E-state index in [0.717, 1.165) is 0 Å². The fourth-order valence-electron chi connectivity index (χ4n) is 2.36. The maximum absolute atomic E-state index is 4.48. The SMILES string of the molecule is CCCCCCCCCC(NC)c1ccn(C)n1. The number of aromatic nitrogens is 2. The maximum Gasteiger partial charge on any atom is 0.0793 e. The third-order valence-corrected chi connectivity index (χ3v) is 3.54. The normalized spacial score (nSPS) is 12.8. The molecule has 0 saturated heterocycles. The van der Waals surface area contributed by atoms with E-state index >= 15 is 0 Å². The Bertz CT molecular complexity index is 306. The summed E-state index contributed by atoms with van der Waals surface area (Å²) in [6.07, 6.45) is 12.8. The summed E-state index contributed by atoms with van der Waals surface area (Å²) in [6.45, 7) is 2.27. The van der Waals surface area contributed by atoms with Crippen molar-refractivity contribution in [3.63, 3.8) is 0 Å². The Hall–Kier alpha value is -0.830. The Balaban J connectivity index is 2.13. The Morgan fingerprint density at radius 2 is 1.83 bits per heavy atom. The molecule has 3 nitrogen and oxygen atoms in total. The molecule has 1 heterocycles. The molecule has 0 aliphatic heterocycles. The zero-order chi connectivity index (χ0) is 13.2. The van der Waals surface area contributed by atoms with Crippen LogP contribution in [0.25, 0.3) is 0 Å². The van der Waals surface area contributed by atoms with Crippen molar-refractivity contribution in [2.24, 2.45) is 7.05 Å². The van der Waals surface area contributed by atoms with Gasteiger partial charge >= 0.3 is 0 Å². The molecule has 0 spiro atoms. The first kappa shape index (κ1) is 15.2. The second-order valence-electron chi connectivity index (χ2n) is 5.17. The van der Waals surface area contributed by atoms with E-state index in [1.807, 2.05) is 25.0 Å². The second kappa shape index (κ2) is 9.15. The summed E-state index contributed by atoms with van der Waals surface area (Å²) in [5.41, 5.74) is 1.17. The van der Waals surface area contributed by atoms with Crippen molar-refractivity contribution in [2.45, 2.75) is 64.3 Å². The van der Waals surface area contributed by atoms with Gasteiger partial charge in [-0.1, -0.05) is 51.9 Å². The number of hydrogen-bond acceptors (Lipinski definition) is 2. The monoisotopic (exact) mass is 251 g/mol. The summed E-state index contributed by atoms with van der Waals surface area (Å²) in [5.74, 6) is 0. The summed E-state index contributed by atoms with van der Waals surface area (Å²) >= 11 is 0. The molecular formula is C15H29N3. The standard InChI is InChI=1S/C15H29N3/c1-4-5-6-7-8-9-10-11-14(16-2)15-12-13-18(3)17-15/h12-14,16H,4-11H2,1-3H3. The fraction of sp³-hybridized carbons (Fsp3) is 0.800. The van der Waals surface area contributed by atoms with Crippen LogP contribution in [0, 0.1) is 0 Å². The first-order valence-electron chi connectivity index (χ1n) is 7.44. The van der Waals surface area contributed by atoms with Gasteiger partial charge in [-0.25, -0.2) is 0 Å². The zero-order valence-corrected chi connectivity index (χ0v) is 12.3. The smallest absolute Gasteiger partial charge is 0.0793 e. The van der Waals surface area contributed by atoms with Crippen molar-refractivity contribution in [3.05, 3.63) is 18.0 Å². The van der Waals surface area contributed by atoms with Crippen molar-refractivity contribution in [3.8, 4) is 0 Å². The molecule has 0 aliphatic rings. The summed E-state index contributed by atoms with van der Waals surface area (Å²) in [6, 6.07) is 2.53. The van der Waals surface area contributed by atoms with E-state index in [9.17, 15) is 0 Å². The van der Waals surface area contributed by atoms with Gasteiger partial charge in [0.15, 0.2) is 0 Å². The lowest BCUT2D eigenvalue weighted by Gasteiger charge is -2.13. The molecule has 1 aromatic rings. The highest BCUT2D eigenvalue weighted by atomic mass is 15.3. The summed E-state index contributed by atoms with van der Waals surface area (Å²) < 4.78 is 1.88. The average molecular weight is 251 g/mol. The van der Waals surface area contributed by atoms with E-state index in [1.54, 1.807) is 0 Å². The van der Waals surface area contributed by atoms with Gasteiger partial charge in [0.25, 0.3) is 0 Å². The quantitative estimate of drug-likeness (QED) is 0.641. The highest BCUT2D eigenvalue weighted by molar-refractivity contribution is 5.04. The van der Waals surface area contributed by atoms with E-state index in [2.05, 4.69) is 23.4 Å². The minimum absolute atomic E-state index is 0.418. The first-order valence-corrected chi connectivity index (χ1v) is 7.44. The predicted octanol–water partition coefficient (Wildman–Crippen LogP) is 3.82. The zero-order valence-electron chi connectivity index (χ0n) is 12.3. The molecule has 1 atom stereocenters. The Kier molecular flexibility index (Phi) is 7.74. The van der Waals surface area contributed by atoms with Gasteiger partial charge in [0, 0.05) is 13.2 Å². The van der Waals surface area contributed by atoms with Crippen LogP contribution < -0.4 is 5.32 Å². The largest absolute Gasteiger partial charge is 0.312 e. The minimum atomic E-state index is 0.418. The molecule has 0 aliphatic carbocycles. The number of rotatable bonds is 10. The predicted molar refractivity (Wildman–Crippen MR) is 77.6 cm³/mol. The second-order valence-corrected chi connectivity index (χ2v) is 5.17. The van der Waals surface area contributed by atoms with Crippen LogP contribution in [0.5, 0.6) is 0 Å². The molecule has 0 radical (unpaired) electrons. The molecule has 1 N–H and O–H groups in total. The third kappa shape index (κ3) is 5.67. The van der Waals surface area contributed by atoms with Crippen LogP contribution in [-0.4, -0.2) is 16.8 Å². The Labute approximate surface area is 112 Å². The summed E-state index contributed by atoms with van der Waals surface area (Å²) in [5, 5.41) is 7.84. The highest BCUT2D eigenvalue weighted by Gasteiger charge is 2.10. The van der Waals surface area contributed by atoms with Gasteiger partial charge in [-0.05, 0) is 19.5 Å². The van der Waals surface area contributed by atoms with Crippen LogP contribution >= 0.6 is 0 Å². The molecule has 1 rings (SSSR count). The van der Waals surface area contributed by atoms with Crippen LogP contribution in [-0.2, 0) is 7.05 Å². The van der Waals surface area contributed by atoms with Crippen molar-refractivity contribution < 1.29 is 0 Å². The highest BCUT2D eigenvalue weighted by Crippen LogP contribution is 2.18. The minimum Gasteiger partial charge on any atom is -0.312 e. The Morgan fingerprint density at radius 3 is 2.39 bits per heavy atom. The lowest BCUT2D eigenvalue weighted by atomic mass is 10.0. The number of unbranched alkanes of at least 4 members (excludes halogenated alkanes) is 6. The van der Waals surface area contributed by atoms with Crippen LogP contribution in [0.15, 0.2) is 12.3 Å². The van der Waals surface area contributed by atoms with Crippen LogP contribution in [0.4, 0.5) is 0 Å². The summed E-state index contributed by atoms with van der Waals surface area (Å²) in [4.78, 5) is 0. The van der Waals surface area contributed by atoms with Crippen molar-refractivity contribution in [2.75, 3.05) is 7.05 Å². The van der Waals surface area contributed by atoms with E-state index in [-0.39, 0.29) is 0 Å². The fourth-order valence-corrected chi connectivity index (χ4v) is 2.36. The third-order valence-electron chi connectivity index (χ3n) is 3.54. The molecule has 0 fully saturated rings. The molecule has 0 amide bonds. The van der Waals surface area contributed by atoms with Gasteiger partial charge in [-0.2, -0.15) is 5.10 Å². The van der Waals surface area contributed by atoms with Gasteiger partial charge < -0.3 is 5.32 Å². The summed E-state index contributed by atoms with van der Waals surface area (Å²) in [7, 11) is 4.00. The number of hydrogen-bond donors (Lipinski definition) is 1. The number of nitrogens with one attached hydrogen (secondary N) is 1. The number of nitrogens with zero attached hydrogens (tertiary/aromatic N) is 2. The van der Waals surface area contributed by atoms with Crippen LogP contribution in [0.2, 0.25) is 0 Å². The van der Waals surface area contributed by atoms with Gasteiger partial charge in [0.05, 0.1) is 11.7 Å². The van der Waals surface area contributed by atoms with E-state index < -0.39 is 0 Å². The van der Waals surface area contributed by atoms with Crippen molar-refractivity contribution in [1.29, 1.82) is 0 Å². The first-order chi connectivity index (χ1) is 8.77. The van der Waals surface area contributed by atoms with E-state index in [1.165, 1.54) is 57.1 Å². The van der Waals surface area contributed by atoms with Crippen LogP contribution in [0.3, 0.4) is 0 Å². The van der Waals surface area contributed by atoms with E-state index in [0.29, 0.717) is 6.04 Å². The maximum atomic E-state index is 4.48. The topological polar surface area (TPSA) is 29.9 Å². The molecule has 1 unspecified atom stereocenters. The van der Waals surface area contributed by atoms with E-state index in [4.69, 9.17) is 0 Å². The molecule has 0 bridgehead atoms. The van der Waals surface area contributed by atoms with Gasteiger partial charge in [-0.3, -0.25) is 4.68 Å². The molecule has 104 valence electrons. The van der Waals surface area contributed by atoms with Gasteiger partial charge in [0.1, 0.15) is 0 Å². The molecule has 1 aromatic heterocycles. The van der Waals surface area contributed by atoms with Crippen molar-refractivity contribution >= 4 is 0 Å². The van der Waals surface area contributed by atoms with Gasteiger partial charge in [-0.15, -0.1) is 0 Å². The molecule has 0 saturated carbocycles. The average Bonchev–Trinajstić information content (AvgIpc) is 2.79. The Morgan fingerprint density at radius 1 is 1.17 bits per heavy atom. The number of aryl methyl sites for hydroxylation is 1. The molecule has 18 heavy (non-hydrogen) atoms. The lowest BCUT2D eigenvalue weighted by molar-refractivity contribution is 0.483. The lowest BCUT2D eigenvalue weighted by Crippen LogP contribution is -2.17. The van der Waals surface area contributed by atoms with Gasteiger partial charge in [0.2, 0.25) is 0 Å². The molecule has 3 heteroatoms. The van der Waals surface area contributed by atoms with Crippen LogP contribution in [0.1, 0.15) is 70.0 Å². The molecule has 0 aromatic carbocycles. The van der Waals surface area contributed by atoms with Crippen molar-refractivity contribution in [1.82, 2.24) is 15.1 Å².